The molecule has 0 amide bonds. The largest absolute Gasteiger partial charge is 0.355 e. The Morgan fingerprint density at radius 3 is 2.72 bits per heavy atom. The fourth-order valence-electron chi connectivity index (χ4n) is 2.85. The zero-order valence-corrected chi connectivity index (χ0v) is 13.7. The zero-order chi connectivity index (χ0) is 17.2. The number of halogens is 1. The molecular formula is C19H16FN5. The van der Waals surface area contributed by atoms with Gasteiger partial charge in [0.1, 0.15) is 23.5 Å². The first-order valence-electron chi connectivity index (χ1n) is 7.92. The van der Waals surface area contributed by atoms with Crippen LogP contribution in [0.25, 0.3) is 16.6 Å². The first-order valence-corrected chi connectivity index (χ1v) is 7.92. The van der Waals surface area contributed by atoms with Crippen LogP contribution in [0.2, 0.25) is 0 Å². The molecule has 124 valence electrons. The Morgan fingerprint density at radius 1 is 1.04 bits per heavy atom. The molecule has 0 atom stereocenters. The number of nitrogens with zero attached hydrogens (tertiary/aromatic N) is 5. The van der Waals surface area contributed by atoms with Crippen molar-refractivity contribution in [1.29, 1.82) is 0 Å². The third kappa shape index (κ3) is 2.94. The quantitative estimate of drug-likeness (QED) is 0.572. The summed E-state index contributed by atoms with van der Waals surface area (Å²) in [6.45, 7) is 0.607. The number of aromatic nitrogens is 4. The van der Waals surface area contributed by atoms with Crippen molar-refractivity contribution in [3.63, 3.8) is 0 Å². The van der Waals surface area contributed by atoms with E-state index in [1.807, 2.05) is 65.4 Å². The minimum atomic E-state index is -0.341. The summed E-state index contributed by atoms with van der Waals surface area (Å²) >= 11 is 0. The second-order valence-corrected chi connectivity index (χ2v) is 5.82. The van der Waals surface area contributed by atoms with Crippen LogP contribution in [0.3, 0.4) is 0 Å². The lowest BCUT2D eigenvalue weighted by Crippen LogP contribution is -2.18. The molecule has 6 heteroatoms. The predicted octanol–water partition coefficient (Wildman–Crippen LogP) is 3.59. The van der Waals surface area contributed by atoms with E-state index in [0.29, 0.717) is 23.3 Å². The fraction of sp³-hybridized carbons (Fsp3) is 0.105. The van der Waals surface area contributed by atoms with Gasteiger partial charge in [-0.25, -0.2) is 19.0 Å². The average molecular weight is 333 g/mol. The summed E-state index contributed by atoms with van der Waals surface area (Å²) in [4.78, 5) is 10.3. The summed E-state index contributed by atoms with van der Waals surface area (Å²) in [7, 11) is 1.92. The van der Waals surface area contributed by atoms with Crippen molar-refractivity contribution in [3.8, 4) is 5.69 Å². The van der Waals surface area contributed by atoms with Gasteiger partial charge in [-0.15, -0.1) is 0 Å². The number of anilines is 1. The Labute approximate surface area is 144 Å². The SMILES string of the molecule is CN(Cc1cnn(-c2ccccc2)c1)c1ncnc2c(F)cccc12. The van der Waals surface area contributed by atoms with Crippen LogP contribution in [0.15, 0.2) is 67.3 Å². The highest BCUT2D eigenvalue weighted by Crippen LogP contribution is 2.24. The molecule has 2 aromatic carbocycles. The standard InChI is InChI=1S/C19H16FN5/c1-24(19-16-8-5-9-17(20)18(16)21-13-22-19)11-14-10-23-25(12-14)15-6-3-2-4-7-15/h2-10,12-13H,11H2,1H3. The molecule has 0 spiro atoms. The molecule has 25 heavy (non-hydrogen) atoms. The summed E-state index contributed by atoms with van der Waals surface area (Å²) < 4.78 is 15.8. The lowest BCUT2D eigenvalue weighted by Gasteiger charge is -2.18. The van der Waals surface area contributed by atoms with Gasteiger partial charge in [-0.2, -0.15) is 5.10 Å². The van der Waals surface area contributed by atoms with E-state index in [9.17, 15) is 4.39 Å². The number of para-hydroxylation sites is 2. The number of hydrogen-bond acceptors (Lipinski definition) is 4. The van der Waals surface area contributed by atoms with E-state index in [1.54, 1.807) is 6.07 Å². The van der Waals surface area contributed by atoms with Crippen molar-refractivity contribution in [2.45, 2.75) is 6.54 Å². The normalized spacial score (nSPS) is 11.0. The molecule has 0 aliphatic rings. The predicted molar refractivity (Wildman–Crippen MR) is 95.2 cm³/mol. The monoisotopic (exact) mass is 333 g/mol. The lowest BCUT2D eigenvalue weighted by molar-refractivity contribution is 0.636. The smallest absolute Gasteiger partial charge is 0.149 e. The molecule has 0 N–H and O–H groups in total. The van der Waals surface area contributed by atoms with Gasteiger partial charge in [0.2, 0.25) is 0 Å². The molecular weight excluding hydrogens is 317 g/mol. The van der Waals surface area contributed by atoms with Gasteiger partial charge in [-0.3, -0.25) is 0 Å². The molecule has 4 rings (SSSR count). The molecule has 0 aliphatic heterocycles. The minimum absolute atomic E-state index is 0.333. The van der Waals surface area contributed by atoms with Gasteiger partial charge in [-0.1, -0.05) is 24.3 Å². The molecule has 2 aromatic heterocycles. The van der Waals surface area contributed by atoms with Crippen molar-refractivity contribution in [1.82, 2.24) is 19.7 Å². The van der Waals surface area contributed by atoms with E-state index >= 15 is 0 Å². The third-order valence-electron chi connectivity index (χ3n) is 4.03. The molecule has 4 aromatic rings. The van der Waals surface area contributed by atoms with Crippen LogP contribution < -0.4 is 4.90 Å². The highest BCUT2D eigenvalue weighted by molar-refractivity contribution is 5.89. The van der Waals surface area contributed by atoms with E-state index < -0.39 is 0 Å². The summed E-state index contributed by atoms with van der Waals surface area (Å²) in [5, 5.41) is 5.10. The van der Waals surface area contributed by atoms with Gasteiger partial charge >= 0.3 is 0 Å². The second kappa shape index (κ2) is 6.32. The van der Waals surface area contributed by atoms with Crippen LogP contribution in [0.5, 0.6) is 0 Å². The highest BCUT2D eigenvalue weighted by atomic mass is 19.1. The number of benzene rings is 2. The van der Waals surface area contributed by atoms with Crippen molar-refractivity contribution >= 4 is 16.7 Å². The Hall–Kier alpha value is -3.28. The van der Waals surface area contributed by atoms with E-state index in [4.69, 9.17) is 0 Å². The molecule has 0 saturated carbocycles. The van der Waals surface area contributed by atoms with Gasteiger partial charge in [0, 0.05) is 30.7 Å². The van der Waals surface area contributed by atoms with Gasteiger partial charge in [0.25, 0.3) is 0 Å². The molecule has 5 nitrogen and oxygen atoms in total. The van der Waals surface area contributed by atoms with Crippen LogP contribution in [0.4, 0.5) is 10.2 Å². The Balaban J connectivity index is 1.62. The maximum absolute atomic E-state index is 13.9. The minimum Gasteiger partial charge on any atom is -0.355 e. The summed E-state index contributed by atoms with van der Waals surface area (Å²) in [6.07, 6.45) is 5.20. The Morgan fingerprint density at radius 2 is 1.88 bits per heavy atom. The molecule has 0 bridgehead atoms. The van der Waals surface area contributed by atoms with Crippen LogP contribution in [-0.2, 0) is 6.54 Å². The van der Waals surface area contributed by atoms with E-state index in [0.717, 1.165) is 11.3 Å². The van der Waals surface area contributed by atoms with Crippen LogP contribution in [0, 0.1) is 5.82 Å². The van der Waals surface area contributed by atoms with Crippen LogP contribution in [-0.4, -0.2) is 26.8 Å². The molecule has 0 radical (unpaired) electrons. The molecule has 0 aliphatic carbocycles. The first kappa shape index (κ1) is 15.3. The van der Waals surface area contributed by atoms with Crippen molar-refractivity contribution in [3.05, 3.63) is 78.6 Å². The molecule has 0 saturated heterocycles. The van der Waals surface area contributed by atoms with Crippen LogP contribution in [0.1, 0.15) is 5.56 Å². The summed E-state index contributed by atoms with van der Waals surface area (Å²) in [6, 6.07) is 14.8. The number of hydrogen-bond donors (Lipinski definition) is 0. The van der Waals surface area contributed by atoms with E-state index in [-0.39, 0.29) is 5.82 Å². The zero-order valence-electron chi connectivity index (χ0n) is 13.7. The Kier molecular flexibility index (Phi) is 3.85. The fourth-order valence-corrected chi connectivity index (χ4v) is 2.85. The molecule has 0 unspecified atom stereocenters. The topological polar surface area (TPSA) is 46.8 Å². The van der Waals surface area contributed by atoms with Gasteiger partial charge in [-0.05, 0) is 24.3 Å². The Bertz CT molecular complexity index is 1010. The van der Waals surface area contributed by atoms with Crippen molar-refractivity contribution in [2.75, 3.05) is 11.9 Å². The van der Waals surface area contributed by atoms with Crippen LogP contribution >= 0.6 is 0 Å². The van der Waals surface area contributed by atoms with E-state index in [2.05, 4.69) is 15.1 Å². The summed E-state index contributed by atoms with van der Waals surface area (Å²) in [5.41, 5.74) is 2.37. The van der Waals surface area contributed by atoms with Gasteiger partial charge in [0.15, 0.2) is 0 Å². The first-order chi connectivity index (χ1) is 12.2. The second-order valence-electron chi connectivity index (χ2n) is 5.82. The van der Waals surface area contributed by atoms with Gasteiger partial charge in [0.05, 0.1) is 11.9 Å². The number of rotatable bonds is 4. The van der Waals surface area contributed by atoms with Crippen molar-refractivity contribution in [2.24, 2.45) is 0 Å². The van der Waals surface area contributed by atoms with Gasteiger partial charge < -0.3 is 4.90 Å². The third-order valence-corrected chi connectivity index (χ3v) is 4.03. The molecule has 0 fully saturated rings. The summed E-state index contributed by atoms with van der Waals surface area (Å²) in [5.74, 6) is 0.350. The van der Waals surface area contributed by atoms with Crippen molar-refractivity contribution < 1.29 is 4.39 Å². The average Bonchev–Trinajstić information content (AvgIpc) is 3.11. The molecule has 2 heterocycles. The maximum Gasteiger partial charge on any atom is 0.149 e. The highest BCUT2D eigenvalue weighted by Gasteiger charge is 2.12. The lowest BCUT2D eigenvalue weighted by atomic mass is 10.2. The van der Waals surface area contributed by atoms with E-state index in [1.165, 1.54) is 12.4 Å². The number of fused-ring (bicyclic) bond motifs is 1. The maximum atomic E-state index is 13.9.